The van der Waals surface area contributed by atoms with Crippen LogP contribution in [-0.4, -0.2) is 19.2 Å². The van der Waals surface area contributed by atoms with Gasteiger partial charge in [-0.25, -0.2) is 22.2 Å². The van der Waals surface area contributed by atoms with Crippen LogP contribution in [-0.2, 0) is 15.6 Å². The van der Waals surface area contributed by atoms with Gasteiger partial charge in [0, 0.05) is 11.1 Å². The van der Waals surface area contributed by atoms with E-state index in [1.807, 2.05) is 0 Å². The lowest BCUT2D eigenvalue weighted by atomic mass is 10.1. The molecule has 0 saturated heterocycles. The fourth-order valence-electron chi connectivity index (χ4n) is 1.52. The van der Waals surface area contributed by atoms with Crippen LogP contribution in [0.15, 0.2) is 23.6 Å². The van der Waals surface area contributed by atoms with E-state index >= 15 is 0 Å². The standard InChI is InChI=1S/C12H11F2NO2S2/c1-2-19(16,17)7-11-15-10(6-18-11)12-8(13)4-3-5-9(12)14/h3-6H,2,7H2,1H3. The van der Waals surface area contributed by atoms with Crippen LogP contribution in [0.5, 0.6) is 0 Å². The predicted octanol–water partition coefficient (Wildman–Crippen LogP) is 3.02. The molecule has 19 heavy (non-hydrogen) atoms. The van der Waals surface area contributed by atoms with Gasteiger partial charge in [-0.1, -0.05) is 13.0 Å². The Morgan fingerprint density at radius 1 is 1.26 bits per heavy atom. The van der Waals surface area contributed by atoms with Crippen LogP contribution in [0, 0.1) is 11.6 Å². The second-order valence-electron chi connectivity index (χ2n) is 3.90. The molecule has 0 aliphatic carbocycles. The Labute approximate surface area is 113 Å². The first-order valence-electron chi connectivity index (χ1n) is 5.52. The van der Waals surface area contributed by atoms with Crippen molar-refractivity contribution in [2.75, 3.05) is 5.75 Å². The molecule has 7 heteroatoms. The zero-order valence-corrected chi connectivity index (χ0v) is 11.7. The molecule has 1 heterocycles. The number of sulfone groups is 1. The number of hydrogen-bond donors (Lipinski definition) is 0. The summed E-state index contributed by atoms with van der Waals surface area (Å²) in [5.41, 5.74) is -0.0965. The second-order valence-corrected chi connectivity index (χ2v) is 7.20. The van der Waals surface area contributed by atoms with Crippen LogP contribution >= 0.6 is 11.3 Å². The zero-order valence-electron chi connectivity index (χ0n) is 10.1. The summed E-state index contributed by atoms with van der Waals surface area (Å²) >= 11 is 1.08. The van der Waals surface area contributed by atoms with Crippen LogP contribution in [0.2, 0.25) is 0 Å². The normalized spacial score (nSPS) is 11.7. The molecule has 0 radical (unpaired) electrons. The van der Waals surface area contributed by atoms with Crippen molar-refractivity contribution in [2.45, 2.75) is 12.7 Å². The van der Waals surface area contributed by atoms with Crippen molar-refractivity contribution in [1.82, 2.24) is 4.98 Å². The number of aromatic nitrogens is 1. The molecule has 0 unspecified atom stereocenters. The van der Waals surface area contributed by atoms with E-state index in [4.69, 9.17) is 0 Å². The van der Waals surface area contributed by atoms with Crippen molar-refractivity contribution < 1.29 is 17.2 Å². The maximum Gasteiger partial charge on any atom is 0.156 e. The minimum absolute atomic E-state index is 0.00989. The largest absolute Gasteiger partial charge is 0.240 e. The summed E-state index contributed by atoms with van der Waals surface area (Å²) in [6, 6.07) is 3.55. The maximum atomic E-state index is 13.6. The summed E-state index contributed by atoms with van der Waals surface area (Å²) in [6.45, 7) is 1.54. The third-order valence-corrected chi connectivity index (χ3v) is 5.18. The number of thiazole rings is 1. The minimum atomic E-state index is -3.20. The van der Waals surface area contributed by atoms with E-state index in [-0.39, 0.29) is 22.8 Å². The van der Waals surface area contributed by atoms with Crippen LogP contribution in [0.1, 0.15) is 11.9 Å². The molecule has 0 atom stereocenters. The average molecular weight is 303 g/mol. The SMILES string of the molecule is CCS(=O)(=O)Cc1nc(-c2c(F)cccc2F)cs1. The van der Waals surface area contributed by atoms with Crippen LogP contribution in [0.25, 0.3) is 11.3 Å². The second kappa shape index (κ2) is 5.34. The van der Waals surface area contributed by atoms with Crippen LogP contribution < -0.4 is 0 Å². The average Bonchev–Trinajstić information content (AvgIpc) is 2.76. The van der Waals surface area contributed by atoms with E-state index < -0.39 is 21.5 Å². The quantitative estimate of drug-likeness (QED) is 0.872. The predicted molar refractivity (Wildman–Crippen MR) is 70.6 cm³/mol. The van der Waals surface area contributed by atoms with Crippen molar-refractivity contribution in [3.8, 4) is 11.3 Å². The van der Waals surface area contributed by atoms with E-state index in [1.54, 1.807) is 6.92 Å². The molecular weight excluding hydrogens is 292 g/mol. The van der Waals surface area contributed by atoms with Gasteiger partial charge in [0.25, 0.3) is 0 Å². The van der Waals surface area contributed by atoms with E-state index in [9.17, 15) is 17.2 Å². The first kappa shape index (κ1) is 14.1. The monoisotopic (exact) mass is 303 g/mol. The van der Waals surface area contributed by atoms with Crippen molar-refractivity contribution in [3.63, 3.8) is 0 Å². The lowest BCUT2D eigenvalue weighted by molar-refractivity contribution is 0.589. The first-order valence-corrected chi connectivity index (χ1v) is 8.22. The number of halogens is 2. The van der Waals surface area contributed by atoms with Gasteiger partial charge in [0.2, 0.25) is 0 Å². The molecule has 0 amide bonds. The molecule has 0 N–H and O–H groups in total. The number of rotatable bonds is 4. The topological polar surface area (TPSA) is 47.0 Å². The Morgan fingerprint density at radius 3 is 2.47 bits per heavy atom. The Kier molecular flexibility index (Phi) is 3.96. The van der Waals surface area contributed by atoms with Gasteiger partial charge in [0.15, 0.2) is 9.84 Å². The van der Waals surface area contributed by atoms with Gasteiger partial charge in [-0.05, 0) is 12.1 Å². The van der Waals surface area contributed by atoms with Gasteiger partial charge in [-0.3, -0.25) is 0 Å². The Bertz CT molecular complexity index is 675. The summed E-state index contributed by atoms with van der Waals surface area (Å²) in [5, 5.41) is 1.79. The molecule has 0 fully saturated rings. The minimum Gasteiger partial charge on any atom is -0.240 e. The van der Waals surface area contributed by atoms with Crippen molar-refractivity contribution in [2.24, 2.45) is 0 Å². The molecule has 0 aliphatic rings. The highest BCUT2D eigenvalue weighted by molar-refractivity contribution is 7.90. The summed E-state index contributed by atoms with van der Waals surface area (Å²) < 4.78 is 50.0. The molecule has 0 aliphatic heterocycles. The van der Waals surface area contributed by atoms with Crippen molar-refractivity contribution >= 4 is 21.2 Å². The molecular formula is C12H11F2NO2S2. The van der Waals surface area contributed by atoms with Gasteiger partial charge >= 0.3 is 0 Å². The lowest BCUT2D eigenvalue weighted by Crippen LogP contribution is -2.06. The van der Waals surface area contributed by atoms with E-state index in [0.717, 1.165) is 23.5 Å². The summed E-state index contributed by atoms with van der Waals surface area (Å²) in [5.74, 6) is -1.62. The Balaban J connectivity index is 2.37. The fourth-order valence-corrected chi connectivity index (χ4v) is 3.55. The smallest absolute Gasteiger partial charge is 0.156 e. The molecule has 102 valence electrons. The molecule has 1 aromatic carbocycles. The molecule has 3 nitrogen and oxygen atoms in total. The van der Waals surface area contributed by atoms with Crippen molar-refractivity contribution in [3.05, 3.63) is 40.2 Å². The third kappa shape index (κ3) is 3.16. The van der Waals surface area contributed by atoms with E-state index in [0.29, 0.717) is 5.01 Å². The fraction of sp³-hybridized carbons (Fsp3) is 0.250. The van der Waals surface area contributed by atoms with Crippen LogP contribution in [0.3, 0.4) is 0 Å². The lowest BCUT2D eigenvalue weighted by Gasteiger charge is -2.00. The summed E-state index contributed by atoms with van der Waals surface area (Å²) in [7, 11) is -3.20. The molecule has 0 saturated carbocycles. The molecule has 0 bridgehead atoms. The maximum absolute atomic E-state index is 13.6. The number of hydrogen-bond acceptors (Lipinski definition) is 4. The molecule has 1 aromatic heterocycles. The Hall–Kier alpha value is -1.34. The van der Waals surface area contributed by atoms with Gasteiger partial charge in [0.1, 0.15) is 22.4 Å². The Morgan fingerprint density at radius 2 is 1.89 bits per heavy atom. The van der Waals surface area contributed by atoms with Gasteiger partial charge in [-0.2, -0.15) is 0 Å². The highest BCUT2D eigenvalue weighted by atomic mass is 32.2. The van der Waals surface area contributed by atoms with E-state index in [2.05, 4.69) is 4.98 Å². The molecule has 2 rings (SSSR count). The first-order chi connectivity index (χ1) is 8.93. The highest BCUT2D eigenvalue weighted by Gasteiger charge is 2.17. The van der Waals surface area contributed by atoms with Gasteiger partial charge < -0.3 is 0 Å². The number of benzene rings is 1. The van der Waals surface area contributed by atoms with Gasteiger partial charge in [-0.15, -0.1) is 11.3 Å². The third-order valence-electron chi connectivity index (χ3n) is 2.55. The van der Waals surface area contributed by atoms with Gasteiger partial charge in [0.05, 0.1) is 11.3 Å². The number of nitrogens with zero attached hydrogens (tertiary/aromatic N) is 1. The molecule has 2 aromatic rings. The molecule has 0 spiro atoms. The summed E-state index contributed by atoms with van der Waals surface area (Å²) in [6.07, 6.45) is 0. The summed E-state index contributed by atoms with van der Waals surface area (Å²) in [4.78, 5) is 3.99. The highest BCUT2D eigenvalue weighted by Crippen LogP contribution is 2.27. The van der Waals surface area contributed by atoms with E-state index in [1.165, 1.54) is 11.4 Å². The van der Waals surface area contributed by atoms with Crippen LogP contribution in [0.4, 0.5) is 8.78 Å². The zero-order chi connectivity index (χ0) is 14.0. The van der Waals surface area contributed by atoms with Crippen molar-refractivity contribution in [1.29, 1.82) is 0 Å².